The third kappa shape index (κ3) is 2.83. The lowest BCUT2D eigenvalue weighted by molar-refractivity contribution is -0.137. The summed E-state index contributed by atoms with van der Waals surface area (Å²) in [5, 5.41) is 8.51. The van der Waals surface area contributed by atoms with E-state index in [2.05, 4.69) is 39.7 Å². The first-order valence-corrected chi connectivity index (χ1v) is 5.26. The highest BCUT2D eigenvalue weighted by atomic mass is 79.9. The van der Waals surface area contributed by atoms with Crippen LogP contribution in [0.4, 0.5) is 0 Å². The van der Waals surface area contributed by atoms with Gasteiger partial charge in [-0.25, -0.2) is 4.98 Å². The largest absolute Gasteiger partial charge is 0.481 e. The number of aliphatic carboxylic acids is 1. The summed E-state index contributed by atoms with van der Waals surface area (Å²) < 4.78 is 0.785. The van der Waals surface area contributed by atoms with Crippen molar-refractivity contribution in [2.75, 3.05) is 0 Å². The number of nitrogens with zero attached hydrogens (tertiary/aromatic N) is 1. The van der Waals surface area contributed by atoms with E-state index in [0.717, 1.165) is 16.1 Å². The molecule has 5 heteroatoms. The van der Waals surface area contributed by atoms with E-state index in [-0.39, 0.29) is 6.42 Å². The smallest absolute Gasteiger partial charge is 0.303 e. The summed E-state index contributed by atoms with van der Waals surface area (Å²) in [6.45, 7) is 4.11. The maximum absolute atomic E-state index is 10.3. The van der Waals surface area contributed by atoms with Crippen molar-refractivity contribution in [1.29, 1.82) is 0 Å². The van der Waals surface area contributed by atoms with Gasteiger partial charge in [0.15, 0.2) is 0 Å². The van der Waals surface area contributed by atoms with E-state index < -0.39 is 5.97 Å². The SMILES string of the molecule is CC(C)c1[nH]c(CCC(=O)O)nc1Br. The Balaban J connectivity index is 2.71. The minimum Gasteiger partial charge on any atom is -0.481 e. The normalized spacial score (nSPS) is 10.9. The molecule has 1 heterocycles. The van der Waals surface area contributed by atoms with Crippen LogP contribution >= 0.6 is 15.9 Å². The van der Waals surface area contributed by atoms with Crippen LogP contribution in [0, 0.1) is 0 Å². The van der Waals surface area contributed by atoms with Crippen LogP contribution in [0.2, 0.25) is 0 Å². The van der Waals surface area contributed by atoms with Crippen molar-refractivity contribution >= 4 is 21.9 Å². The van der Waals surface area contributed by atoms with Gasteiger partial charge in [-0.15, -0.1) is 0 Å². The first kappa shape index (κ1) is 11.2. The lowest BCUT2D eigenvalue weighted by Gasteiger charge is -1.99. The van der Waals surface area contributed by atoms with Gasteiger partial charge in [0.1, 0.15) is 10.4 Å². The van der Waals surface area contributed by atoms with Crippen molar-refractivity contribution in [3.05, 3.63) is 16.1 Å². The molecule has 0 saturated heterocycles. The summed E-state index contributed by atoms with van der Waals surface area (Å²) in [5.74, 6) is 0.280. The summed E-state index contributed by atoms with van der Waals surface area (Å²) in [6.07, 6.45) is 0.554. The standard InChI is InChI=1S/C9H13BrN2O2/c1-5(2)8-9(10)12-6(11-8)3-4-7(13)14/h5H,3-4H2,1-2H3,(H,11,12)(H,13,14). The zero-order valence-electron chi connectivity index (χ0n) is 8.17. The highest BCUT2D eigenvalue weighted by Crippen LogP contribution is 2.22. The molecular formula is C9H13BrN2O2. The van der Waals surface area contributed by atoms with Gasteiger partial charge in [0.25, 0.3) is 0 Å². The highest BCUT2D eigenvalue weighted by molar-refractivity contribution is 9.10. The van der Waals surface area contributed by atoms with Crippen LogP contribution in [0.1, 0.15) is 37.7 Å². The summed E-state index contributed by atoms with van der Waals surface area (Å²) in [4.78, 5) is 17.7. The van der Waals surface area contributed by atoms with E-state index >= 15 is 0 Å². The summed E-state index contributed by atoms with van der Waals surface area (Å²) in [6, 6.07) is 0. The van der Waals surface area contributed by atoms with Crippen molar-refractivity contribution in [2.45, 2.75) is 32.6 Å². The summed E-state index contributed by atoms with van der Waals surface area (Å²) >= 11 is 3.33. The number of aromatic nitrogens is 2. The average Bonchev–Trinajstić information content (AvgIpc) is 2.43. The number of carboxylic acids is 1. The van der Waals surface area contributed by atoms with Crippen molar-refractivity contribution in [3.63, 3.8) is 0 Å². The van der Waals surface area contributed by atoms with Crippen LogP contribution in [0.3, 0.4) is 0 Å². The first-order chi connectivity index (χ1) is 6.50. The molecule has 1 rings (SSSR count). The summed E-state index contributed by atoms with van der Waals surface area (Å²) in [5.41, 5.74) is 1.02. The second-order valence-electron chi connectivity index (χ2n) is 3.44. The second kappa shape index (κ2) is 4.59. The molecule has 0 aromatic carbocycles. The minimum atomic E-state index is -0.802. The fourth-order valence-corrected chi connectivity index (χ4v) is 1.91. The number of aromatic amines is 1. The molecule has 14 heavy (non-hydrogen) atoms. The Labute approximate surface area is 90.9 Å². The number of rotatable bonds is 4. The molecule has 0 saturated carbocycles. The molecular weight excluding hydrogens is 248 g/mol. The molecule has 0 unspecified atom stereocenters. The van der Waals surface area contributed by atoms with Crippen LogP contribution < -0.4 is 0 Å². The van der Waals surface area contributed by atoms with Gasteiger partial charge in [-0.2, -0.15) is 0 Å². The van der Waals surface area contributed by atoms with Crippen molar-refractivity contribution in [2.24, 2.45) is 0 Å². The molecule has 0 aliphatic rings. The van der Waals surface area contributed by atoms with E-state index in [9.17, 15) is 4.79 Å². The molecule has 1 aromatic heterocycles. The Hall–Kier alpha value is -0.840. The van der Waals surface area contributed by atoms with Crippen molar-refractivity contribution in [3.8, 4) is 0 Å². The number of H-pyrrole nitrogens is 1. The molecule has 4 nitrogen and oxygen atoms in total. The van der Waals surface area contributed by atoms with Gasteiger partial charge in [0, 0.05) is 6.42 Å². The van der Waals surface area contributed by atoms with Gasteiger partial charge >= 0.3 is 5.97 Å². The highest BCUT2D eigenvalue weighted by Gasteiger charge is 2.11. The first-order valence-electron chi connectivity index (χ1n) is 4.46. The fourth-order valence-electron chi connectivity index (χ4n) is 1.14. The molecule has 1 aromatic rings. The molecule has 0 spiro atoms. The van der Waals surface area contributed by atoms with E-state index in [4.69, 9.17) is 5.11 Å². The Bertz CT molecular complexity index is 334. The molecule has 0 atom stereocenters. The topological polar surface area (TPSA) is 66.0 Å². The lowest BCUT2D eigenvalue weighted by Crippen LogP contribution is -1.99. The fraction of sp³-hybridized carbons (Fsp3) is 0.556. The monoisotopic (exact) mass is 260 g/mol. The average molecular weight is 261 g/mol. The zero-order valence-corrected chi connectivity index (χ0v) is 9.76. The molecule has 0 radical (unpaired) electrons. The number of imidazole rings is 1. The van der Waals surface area contributed by atoms with Gasteiger partial charge in [0.05, 0.1) is 12.1 Å². The van der Waals surface area contributed by atoms with Gasteiger partial charge in [0.2, 0.25) is 0 Å². The second-order valence-corrected chi connectivity index (χ2v) is 4.19. The molecule has 0 bridgehead atoms. The van der Waals surface area contributed by atoms with E-state index in [0.29, 0.717) is 12.3 Å². The number of carboxylic acid groups (broad SMARTS) is 1. The third-order valence-electron chi connectivity index (χ3n) is 1.89. The van der Waals surface area contributed by atoms with E-state index in [1.165, 1.54) is 0 Å². The molecule has 0 aliphatic heterocycles. The van der Waals surface area contributed by atoms with Crippen molar-refractivity contribution < 1.29 is 9.90 Å². The van der Waals surface area contributed by atoms with Crippen LogP contribution in [0.25, 0.3) is 0 Å². The lowest BCUT2D eigenvalue weighted by atomic mass is 10.2. The Morgan fingerprint density at radius 3 is 2.71 bits per heavy atom. The van der Waals surface area contributed by atoms with E-state index in [1.807, 2.05) is 0 Å². The minimum absolute atomic E-state index is 0.109. The number of aryl methyl sites for hydroxylation is 1. The Kier molecular flexibility index (Phi) is 3.69. The van der Waals surface area contributed by atoms with Gasteiger partial charge in [-0.3, -0.25) is 4.79 Å². The Morgan fingerprint density at radius 2 is 2.29 bits per heavy atom. The number of nitrogens with one attached hydrogen (secondary N) is 1. The predicted molar refractivity (Wildman–Crippen MR) is 56.3 cm³/mol. The summed E-state index contributed by atoms with van der Waals surface area (Å²) in [7, 11) is 0. The third-order valence-corrected chi connectivity index (χ3v) is 2.49. The maximum Gasteiger partial charge on any atom is 0.303 e. The van der Waals surface area contributed by atoms with Gasteiger partial charge in [-0.1, -0.05) is 13.8 Å². The van der Waals surface area contributed by atoms with Crippen LogP contribution in [0.15, 0.2) is 4.60 Å². The molecule has 2 N–H and O–H groups in total. The van der Waals surface area contributed by atoms with Crippen LogP contribution in [-0.2, 0) is 11.2 Å². The molecule has 0 fully saturated rings. The van der Waals surface area contributed by atoms with Crippen LogP contribution in [0.5, 0.6) is 0 Å². The van der Waals surface area contributed by atoms with Crippen molar-refractivity contribution in [1.82, 2.24) is 9.97 Å². The Morgan fingerprint density at radius 1 is 1.64 bits per heavy atom. The van der Waals surface area contributed by atoms with Gasteiger partial charge < -0.3 is 10.1 Å². The molecule has 78 valence electrons. The number of hydrogen-bond donors (Lipinski definition) is 2. The predicted octanol–water partition coefficient (Wildman–Crippen LogP) is 2.31. The number of hydrogen-bond acceptors (Lipinski definition) is 2. The van der Waals surface area contributed by atoms with Gasteiger partial charge in [-0.05, 0) is 21.8 Å². The number of halogens is 1. The van der Waals surface area contributed by atoms with E-state index in [1.54, 1.807) is 0 Å². The zero-order chi connectivity index (χ0) is 10.7. The molecule has 0 aliphatic carbocycles. The molecule has 0 amide bonds. The van der Waals surface area contributed by atoms with Crippen LogP contribution in [-0.4, -0.2) is 21.0 Å². The quantitative estimate of drug-likeness (QED) is 0.874. The maximum atomic E-state index is 10.3. The number of carbonyl (C=O) groups is 1.